The van der Waals surface area contributed by atoms with Crippen LogP contribution in [0, 0.1) is 5.92 Å². The van der Waals surface area contributed by atoms with Gasteiger partial charge in [0.1, 0.15) is 5.82 Å². The van der Waals surface area contributed by atoms with Crippen molar-refractivity contribution in [3.63, 3.8) is 0 Å². The number of amides is 1. The highest BCUT2D eigenvalue weighted by Crippen LogP contribution is 2.31. The molecule has 1 atom stereocenters. The molecule has 6 nitrogen and oxygen atoms in total. The normalized spacial score (nSPS) is 15.9. The number of piperidine rings is 1. The van der Waals surface area contributed by atoms with Crippen molar-refractivity contribution in [2.75, 3.05) is 18.0 Å². The van der Waals surface area contributed by atoms with Gasteiger partial charge in [-0.15, -0.1) is 0 Å². The summed E-state index contributed by atoms with van der Waals surface area (Å²) in [7, 11) is 0. The Labute approximate surface area is 188 Å². The Morgan fingerprint density at radius 2 is 1.78 bits per heavy atom. The third-order valence-corrected chi connectivity index (χ3v) is 6.52. The average Bonchev–Trinajstić information content (AvgIpc) is 3.22. The first kappa shape index (κ1) is 20.5. The van der Waals surface area contributed by atoms with E-state index in [0.717, 1.165) is 60.5 Å². The van der Waals surface area contributed by atoms with Crippen molar-refractivity contribution in [1.29, 1.82) is 0 Å². The van der Waals surface area contributed by atoms with Crippen LogP contribution in [0.15, 0.2) is 60.7 Å². The lowest BCUT2D eigenvalue weighted by atomic mass is 9.95. The lowest BCUT2D eigenvalue weighted by Crippen LogP contribution is -2.43. The molecule has 164 valence electrons. The molecule has 1 fully saturated rings. The van der Waals surface area contributed by atoms with Gasteiger partial charge in [-0.25, -0.2) is 9.97 Å². The molecule has 0 aliphatic carbocycles. The Morgan fingerprint density at radius 3 is 2.53 bits per heavy atom. The van der Waals surface area contributed by atoms with Crippen LogP contribution in [0.2, 0.25) is 0 Å². The zero-order valence-electron chi connectivity index (χ0n) is 18.7. The summed E-state index contributed by atoms with van der Waals surface area (Å²) in [5.74, 6) is 2.06. The van der Waals surface area contributed by atoms with Crippen LogP contribution in [0.25, 0.3) is 28.1 Å². The minimum Gasteiger partial charge on any atom is -0.358 e. The molecule has 0 radical (unpaired) electrons. The van der Waals surface area contributed by atoms with Crippen LogP contribution in [0.5, 0.6) is 0 Å². The van der Waals surface area contributed by atoms with Gasteiger partial charge in [-0.05, 0) is 38.3 Å². The molecule has 5 rings (SSSR count). The summed E-state index contributed by atoms with van der Waals surface area (Å²) < 4.78 is 2.15. The molecule has 0 bridgehead atoms. The van der Waals surface area contributed by atoms with E-state index in [-0.39, 0.29) is 17.9 Å². The molecule has 1 aliphatic heterocycles. The molecule has 3 heterocycles. The molecule has 6 heteroatoms. The zero-order valence-corrected chi connectivity index (χ0v) is 18.7. The number of para-hydroxylation sites is 2. The van der Waals surface area contributed by atoms with E-state index in [9.17, 15) is 4.79 Å². The number of hydrogen-bond donors (Lipinski definition) is 1. The first-order valence-corrected chi connectivity index (χ1v) is 11.5. The molecule has 1 unspecified atom stereocenters. The monoisotopic (exact) mass is 427 g/mol. The maximum atomic E-state index is 12.6. The van der Waals surface area contributed by atoms with Gasteiger partial charge in [0.2, 0.25) is 11.7 Å². The Kier molecular flexibility index (Phi) is 5.52. The van der Waals surface area contributed by atoms with E-state index < -0.39 is 0 Å². The van der Waals surface area contributed by atoms with Crippen LogP contribution in [0.1, 0.15) is 33.1 Å². The molecule has 2 aromatic heterocycles. The second-order valence-corrected chi connectivity index (χ2v) is 8.68. The van der Waals surface area contributed by atoms with E-state index in [0.29, 0.717) is 5.78 Å². The van der Waals surface area contributed by atoms with E-state index >= 15 is 0 Å². The smallest absolute Gasteiger partial charge is 0.237 e. The highest BCUT2D eigenvalue weighted by Gasteiger charge is 2.27. The predicted molar refractivity (Wildman–Crippen MR) is 129 cm³/mol. The lowest BCUT2D eigenvalue weighted by molar-refractivity contribution is -0.126. The number of anilines is 1. The zero-order chi connectivity index (χ0) is 22.1. The number of imidazole rings is 1. The van der Waals surface area contributed by atoms with Gasteiger partial charge in [0.25, 0.3) is 0 Å². The van der Waals surface area contributed by atoms with Crippen LogP contribution >= 0.6 is 0 Å². The number of benzene rings is 2. The van der Waals surface area contributed by atoms with Gasteiger partial charge in [0.15, 0.2) is 0 Å². The fourth-order valence-electron chi connectivity index (χ4n) is 4.46. The largest absolute Gasteiger partial charge is 0.358 e. The SMILES string of the molecule is CCC(C)NC(=O)C1CCN(c2cc(-c3ccccc3)nc3nc4ccccc4n23)CC1. The third-order valence-electron chi connectivity index (χ3n) is 6.52. The van der Waals surface area contributed by atoms with Gasteiger partial charge in [-0.3, -0.25) is 9.20 Å². The summed E-state index contributed by atoms with van der Waals surface area (Å²) in [6, 6.07) is 20.8. The first-order chi connectivity index (χ1) is 15.6. The Bertz CT molecular complexity index is 1240. The van der Waals surface area contributed by atoms with Gasteiger partial charge >= 0.3 is 0 Å². The molecule has 1 aliphatic rings. The molecule has 0 spiro atoms. The maximum absolute atomic E-state index is 12.6. The minimum absolute atomic E-state index is 0.0747. The summed E-state index contributed by atoms with van der Waals surface area (Å²) >= 11 is 0. The van der Waals surface area contributed by atoms with Crippen LogP contribution in [0.4, 0.5) is 5.82 Å². The van der Waals surface area contributed by atoms with Crippen molar-refractivity contribution in [2.24, 2.45) is 5.92 Å². The highest BCUT2D eigenvalue weighted by atomic mass is 16.1. The van der Waals surface area contributed by atoms with Crippen molar-refractivity contribution >= 4 is 28.5 Å². The van der Waals surface area contributed by atoms with Crippen molar-refractivity contribution in [1.82, 2.24) is 19.7 Å². The van der Waals surface area contributed by atoms with Crippen molar-refractivity contribution in [2.45, 2.75) is 39.2 Å². The van der Waals surface area contributed by atoms with Crippen molar-refractivity contribution < 1.29 is 4.79 Å². The Morgan fingerprint density at radius 1 is 1.06 bits per heavy atom. The lowest BCUT2D eigenvalue weighted by Gasteiger charge is -2.34. The number of nitrogens with one attached hydrogen (secondary N) is 1. The molecule has 2 aromatic carbocycles. The molecule has 1 N–H and O–H groups in total. The second-order valence-electron chi connectivity index (χ2n) is 8.68. The van der Waals surface area contributed by atoms with Gasteiger partial charge < -0.3 is 10.2 Å². The Balaban J connectivity index is 1.51. The van der Waals surface area contributed by atoms with Gasteiger partial charge in [-0.2, -0.15) is 0 Å². The summed E-state index contributed by atoms with van der Waals surface area (Å²) in [4.78, 5) is 24.7. The number of carbonyl (C=O) groups excluding carboxylic acids is 1. The predicted octanol–water partition coefficient (Wildman–Crippen LogP) is 4.68. The number of hydrogen-bond acceptors (Lipinski definition) is 4. The molecular formula is C26H29N5O. The third kappa shape index (κ3) is 3.81. The van der Waals surface area contributed by atoms with Gasteiger partial charge in [-0.1, -0.05) is 49.4 Å². The number of nitrogens with zero attached hydrogens (tertiary/aromatic N) is 4. The van der Waals surface area contributed by atoms with Gasteiger partial charge in [0.05, 0.1) is 16.7 Å². The maximum Gasteiger partial charge on any atom is 0.237 e. The molecule has 1 saturated heterocycles. The number of rotatable bonds is 5. The van der Waals surface area contributed by atoms with E-state index in [4.69, 9.17) is 9.97 Å². The number of aromatic nitrogens is 3. The highest BCUT2D eigenvalue weighted by molar-refractivity contribution is 5.83. The summed E-state index contributed by atoms with van der Waals surface area (Å²) in [6.45, 7) is 5.83. The standard InChI is InChI=1S/C26H29N5O/c1-3-18(2)27-25(32)20-13-15-30(16-14-20)24-17-22(19-9-5-4-6-10-19)29-26-28-21-11-7-8-12-23(21)31(24)26/h4-12,17-18,20H,3,13-16H2,1-2H3,(H,27,32). The quantitative estimate of drug-likeness (QED) is 0.502. The van der Waals surface area contributed by atoms with Crippen LogP contribution in [-0.4, -0.2) is 39.4 Å². The van der Waals surface area contributed by atoms with E-state index in [1.54, 1.807) is 0 Å². The van der Waals surface area contributed by atoms with E-state index in [1.807, 2.05) is 36.4 Å². The van der Waals surface area contributed by atoms with Gasteiger partial charge in [0, 0.05) is 36.7 Å². The molecule has 0 saturated carbocycles. The number of carbonyl (C=O) groups is 1. The van der Waals surface area contributed by atoms with E-state index in [1.165, 1.54) is 0 Å². The van der Waals surface area contributed by atoms with Crippen molar-refractivity contribution in [3.8, 4) is 11.3 Å². The molecule has 32 heavy (non-hydrogen) atoms. The average molecular weight is 428 g/mol. The second kappa shape index (κ2) is 8.61. The fraction of sp³-hybridized carbons (Fsp3) is 0.346. The molecule has 4 aromatic rings. The van der Waals surface area contributed by atoms with Crippen molar-refractivity contribution in [3.05, 3.63) is 60.7 Å². The molecular weight excluding hydrogens is 398 g/mol. The van der Waals surface area contributed by atoms with Crippen LogP contribution in [-0.2, 0) is 4.79 Å². The summed E-state index contributed by atoms with van der Waals surface area (Å²) in [5.41, 5.74) is 3.99. The van der Waals surface area contributed by atoms with E-state index in [2.05, 4.69) is 52.7 Å². The van der Waals surface area contributed by atoms with Crippen LogP contribution < -0.4 is 10.2 Å². The number of fused-ring (bicyclic) bond motifs is 3. The first-order valence-electron chi connectivity index (χ1n) is 11.5. The Hall–Kier alpha value is -3.41. The molecule has 1 amide bonds. The minimum atomic E-state index is 0.0747. The fourth-order valence-corrected chi connectivity index (χ4v) is 4.46. The topological polar surface area (TPSA) is 62.5 Å². The van der Waals surface area contributed by atoms with Crippen LogP contribution in [0.3, 0.4) is 0 Å². The summed E-state index contributed by atoms with van der Waals surface area (Å²) in [5, 5.41) is 3.15. The summed E-state index contributed by atoms with van der Waals surface area (Å²) in [6.07, 6.45) is 2.65.